The number of methoxy groups -OCH3 is 2. The summed E-state index contributed by atoms with van der Waals surface area (Å²) in [5, 5.41) is 9.25. The monoisotopic (exact) mass is 233 g/mol. The van der Waals surface area contributed by atoms with Crippen molar-refractivity contribution in [3.05, 3.63) is 23.3 Å². The van der Waals surface area contributed by atoms with E-state index in [-0.39, 0.29) is 11.8 Å². The zero-order chi connectivity index (χ0) is 13.0. The topological polar surface area (TPSA) is 42.2 Å². The van der Waals surface area contributed by atoms with Crippen LogP contribution in [0.2, 0.25) is 0 Å². The summed E-state index contributed by atoms with van der Waals surface area (Å²) in [7, 11) is 3.26. The molecule has 0 radical (unpaired) electrons. The first-order valence-corrected chi connectivity index (χ1v) is 5.67. The molecule has 0 aliphatic rings. The van der Waals surface area contributed by atoms with Gasteiger partial charge in [0.1, 0.15) is 11.5 Å². The molecular formula is C14H19NO2. The predicted molar refractivity (Wildman–Crippen MR) is 67.5 cm³/mol. The van der Waals surface area contributed by atoms with Gasteiger partial charge >= 0.3 is 0 Å². The van der Waals surface area contributed by atoms with E-state index < -0.39 is 0 Å². The Kier molecular flexibility index (Phi) is 4.39. The summed E-state index contributed by atoms with van der Waals surface area (Å²) in [6, 6.07) is 6.14. The molecule has 0 saturated heterocycles. The number of ether oxygens (including phenoxy) is 2. The van der Waals surface area contributed by atoms with Crippen molar-refractivity contribution in [1.29, 1.82) is 5.26 Å². The van der Waals surface area contributed by atoms with E-state index in [0.29, 0.717) is 0 Å². The Labute approximate surface area is 103 Å². The first-order valence-electron chi connectivity index (χ1n) is 5.67. The highest BCUT2D eigenvalue weighted by molar-refractivity contribution is 5.52. The zero-order valence-electron chi connectivity index (χ0n) is 11.1. The van der Waals surface area contributed by atoms with Crippen LogP contribution in [0.1, 0.15) is 30.9 Å². The van der Waals surface area contributed by atoms with Gasteiger partial charge in [0.15, 0.2) is 0 Å². The quantitative estimate of drug-likeness (QED) is 0.801. The van der Waals surface area contributed by atoms with Crippen LogP contribution in [0, 0.1) is 24.2 Å². The molecule has 0 aromatic heterocycles. The first kappa shape index (κ1) is 13.4. The third kappa shape index (κ3) is 2.52. The summed E-state index contributed by atoms with van der Waals surface area (Å²) in [5.74, 6) is 1.63. The molecule has 0 aliphatic carbocycles. The van der Waals surface area contributed by atoms with Crippen molar-refractivity contribution in [2.45, 2.75) is 26.7 Å². The summed E-state index contributed by atoms with van der Waals surface area (Å²) < 4.78 is 10.7. The fourth-order valence-electron chi connectivity index (χ4n) is 2.01. The molecule has 3 nitrogen and oxygen atoms in total. The Morgan fingerprint density at radius 2 is 1.82 bits per heavy atom. The highest BCUT2D eigenvalue weighted by Gasteiger charge is 2.21. The highest BCUT2D eigenvalue weighted by atomic mass is 16.5. The predicted octanol–water partition coefficient (Wildman–Crippen LogP) is 3.28. The van der Waals surface area contributed by atoms with Crippen molar-refractivity contribution in [2.75, 3.05) is 14.2 Å². The lowest BCUT2D eigenvalue weighted by Gasteiger charge is -2.19. The van der Waals surface area contributed by atoms with E-state index in [2.05, 4.69) is 6.07 Å². The van der Waals surface area contributed by atoms with Crippen molar-refractivity contribution >= 4 is 0 Å². The number of nitrogens with zero attached hydrogens (tertiary/aromatic N) is 1. The molecule has 1 aromatic carbocycles. The van der Waals surface area contributed by atoms with E-state index in [4.69, 9.17) is 9.47 Å². The Morgan fingerprint density at radius 1 is 1.18 bits per heavy atom. The molecule has 0 heterocycles. The third-order valence-electron chi connectivity index (χ3n) is 2.95. The summed E-state index contributed by atoms with van der Waals surface area (Å²) in [4.78, 5) is 0. The van der Waals surface area contributed by atoms with Crippen LogP contribution in [-0.4, -0.2) is 14.2 Å². The molecule has 3 heteroatoms. The Balaban J connectivity index is 3.35. The van der Waals surface area contributed by atoms with Gasteiger partial charge in [0.05, 0.1) is 26.2 Å². The Hall–Kier alpha value is -1.69. The fourth-order valence-corrected chi connectivity index (χ4v) is 2.01. The van der Waals surface area contributed by atoms with Crippen LogP contribution in [0.5, 0.6) is 11.5 Å². The second-order valence-corrected chi connectivity index (χ2v) is 4.37. The normalized spacial score (nSPS) is 12.1. The van der Waals surface area contributed by atoms with Gasteiger partial charge in [-0.2, -0.15) is 5.26 Å². The zero-order valence-corrected chi connectivity index (χ0v) is 11.1. The third-order valence-corrected chi connectivity index (χ3v) is 2.95. The van der Waals surface area contributed by atoms with E-state index in [1.807, 2.05) is 32.9 Å². The molecule has 1 rings (SSSR count). The maximum atomic E-state index is 9.25. The second-order valence-electron chi connectivity index (χ2n) is 4.37. The molecule has 0 fully saturated rings. The lowest BCUT2D eigenvalue weighted by atomic mass is 9.88. The summed E-state index contributed by atoms with van der Waals surface area (Å²) >= 11 is 0. The highest BCUT2D eigenvalue weighted by Crippen LogP contribution is 2.37. The van der Waals surface area contributed by atoms with Crippen molar-refractivity contribution < 1.29 is 9.47 Å². The molecule has 0 amide bonds. The molecular weight excluding hydrogens is 214 g/mol. The maximum Gasteiger partial charge on any atom is 0.130 e. The van der Waals surface area contributed by atoms with E-state index in [1.165, 1.54) is 0 Å². The van der Waals surface area contributed by atoms with Gasteiger partial charge in [0.2, 0.25) is 0 Å². The lowest BCUT2D eigenvalue weighted by Crippen LogP contribution is -2.07. The van der Waals surface area contributed by atoms with Gasteiger partial charge < -0.3 is 9.47 Å². The van der Waals surface area contributed by atoms with Gasteiger partial charge in [-0.25, -0.2) is 0 Å². The maximum absolute atomic E-state index is 9.25. The minimum atomic E-state index is -0.158. The molecule has 1 aromatic rings. The second kappa shape index (κ2) is 5.58. The molecule has 0 saturated carbocycles. The molecule has 0 spiro atoms. The number of hydrogen-bond acceptors (Lipinski definition) is 3. The summed E-state index contributed by atoms with van der Waals surface area (Å²) in [5.41, 5.74) is 1.87. The average Bonchev–Trinajstić information content (AvgIpc) is 2.30. The van der Waals surface area contributed by atoms with Gasteiger partial charge in [-0.05, 0) is 18.9 Å². The smallest absolute Gasteiger partial charge is 0.130 e. The van der Waals surface area contributed by atoms with Crippen molar-refractivity contribution in [3.63, 3.8) is 0 Å². The number of hydrogen-bond donors (Lipinski definition) is 0. The molecule has 0 aliphatic heterocycles. The van der Waals surface area contributed by atoms with Gasteiger partial charge in [-0.1, -0.05) is 19.9 Å². The van der Waals surface area contributed by atoms with Crippen LogP contribution >= 0.6 is 0 Å². The minimum absolute atomic E-state index is 0.158. The molecule has 1 atom stereocenters. The molecule has 1 unspecified atom stereocenters. The molecule has 17 heavy (non-hydrogen) atoms. The Morgan fingerprint density at radius 3 is 2.24 bits per heavy atom. The standard InChI is InChI=1S/C14H19NO2/c1-9(2)12(8-15)11-6-7-13(16-4)10(3)14(11)17-5/h6-7,9,12H,1-5H3. The van der Waals surface area contributed by atoms with Crippen LogP contribution in [0.3, 0.4) is 0 Å². The average molecular weight is 233 g/mol. The van der Waals surface area contributed by atoms with Crippen LogP contribution in [0.25, 0.3) is 0 Å². The SMILES string of the molecule is COc1ccc(C(C#N)C(C)C)c(OC)c1C. The number of rotatable bonds is 4. The molecule has 0 bridgehead atoms. The van der Waals surface area contributed by atoms with E-state index in [0.717, 1.165) is 22.6 Å². The number of nitriles is 1. The fraction of sp³-hybridized carbons (Fsp3) is 0.500. The van der Waals surface area contributed by atoms with Crippen LogP contribution < -0.4 is 9.47 Å². The van der Waals surface area contributed by atoms with Gasteiger partial charge in [0, 0.05) is 11.1 Å². The Bertz CT molecular complexity index is 433. The first-order chi connectivity index (χ1) is 8.06. The van der Waals surface area contributed by atoms with Gasteiger partial charge in [0.25, 0.3) is 0 Å². The van der Waals surface area contributed by atoms with E-state index >= 15 is 0 Å². The van der Waals surface area contributed by atoms with E-state index in [1.54, 1.807) is 14.2 Å². The summed E-state index contributed by atoms with van der Waals surface area (Å²) in [6.07, 6.45) is 0. The largest absolute Gasteiger partial charge is 0.496 e. The van der Waals surface area contributed by atoms with Crippen molar-refractivity contribution in [2.24, 2.45) is 5.92 Å². The van der Waals surface area contributed by atoms with Crippen LogP contribution in [0.4, 0.5) is 0 Å². The lowest BCUT2D eigenvalue weighted by molar-refractivity contribution is 0.381. The molecule has 92 valence electrons. The van der Waals surface area contributed by atoms with Gasteiger partial charge in [-0.15, -0.1) is 0 Å². The molecule has 0 N–H and O–H groups in total. The van der Waals surface area contributed by atoms with Crippen LogP contribution in [0.15, 0.2) is 12.1 Å². The van der Waals surface area contributed by atoms with E-state index in [9.17, 15) is 5.26 Å². The van der Waals surface area contributed by atoms with Crippen LogP contribution in [-0.2, 0) is 0 Å². The summed E-state index contributed by atoms with van der Waals surface area (Å²) in [6.45, 7) is 6.01. The van der Waals surface area contributed by atoms with Crippen molar-refractivity contribution in [1.82, 2.24) is 0 Å². The minimum Gasteiger partial charge on any atom is -0.496 e. The number of benzene rings is 1. The van der Waals surface area contributed by atoms with Gasteiger partial charge in [-0.3, -0.25) is 0 Å². The van der Waals surface area contributed by atoms with Crippen molar-refractivity contribution in [3.8, 4) is 17.6 Å².